The lowest BCUT2D eigenvalue weighted by Gasteiger charge is -2.19. The third-order valence-corrected chi connectivity index (χ3v) is 15.9. The number of nitrogens with zero attached hydrogens (tertiary/aromatic N) is 12. The van der Waals surface area contributed by atoms with E-state index in [1.807, 2.05) is 188 Å². The number of benzene rings is 11. The molecule has 0 unspecified atom stereocenters. The predicted molar refractivity (Wildman–Crippen MR) is 350 cm³/mol. The highest BCUT2D eigenvalue weighted by molar-refractivity contribution is 6.13. The quantitative estimate of drug-likeness (QED) is 0.116. The van der Waals surface area contributed by atoms with Crippen molar-refractivity contribution in [1.82, 2.24) is 54.0 Å². The molecule has 0 saturated heterocycles. The fourth-order valence-corrected chi connectivity index (χ4v) is 11.7. The first-order valence-corrected chi connectivity index (χ1v) is 28.8. The Balaban J connectivity index is 0.953. The van der Waals surface area contributed by atoms with Gasteiger partial charge in [0.15, 0.2) is 58.1 Å². The second-order valence-electron chi connectivity index (χ2n) is 21.3. The zero-order chi connectivity index (χ0) is 58.5. The first kappa shape index (κ1) is 51.2. The molecule has 0 saturated carbocycles. The first-order chi connectivity index (χ1) is 43.6. The summed E-state index contributed by atoms with van der Waals surface area (Å²) in [4.78, 5) is 50.4. The maximum absolute atomic E-state index is 9.05. The summed E-state index contributed by atoms with van der Waals surface area (Å²) in [6, 6.07) is 93.6. The molecule has 5 aromatic heterocycles. The van der Waals surface area contributed by atoms with E-state index in [-0.39, 0.29) is 0 Å². The van der Waals surface area contributed by atoms with Gasteiger partial charge in [0.05, 0.1) is 40.0 Å². The van der Waals surface area contributed by atoms with Crippen LogP contribution in [0.2, 0.25) is 0 Å². The molecule has 0 aliphatic heterocycles. The number of aromatic nitrogens is 11. The molecule has 0 aliphatic rings. The van der Waals surface area contributed by atoms with E-state index in [1.54, 1.807) is 0 Å². The van der Waals surface area contributed by atoms with E-state index in [1.165, 1.54) is 0 Å². The summed E-state index contributed by atoms with van der Waals surface area (Å²) in [6.45, 7) is 9.05. The van der Waals surface area contributed by atoms with Gasteiger partial charge in [-0.25, -0.2) is 49.7 Å². The highest BCUT2D eigenvalue weighted by Gasteiger charge is 2.26. The van der Waals surface area contributed by atoms with Gasteiger partial charge in [-0.1, -0.05) is 218 Å². The van der Waals surface area contributed by atoms with Gasteiger partial charge in [-0.15, -0.1) is 0 Å². The van der Waals surface area contributed by atoms with Crippen LogP contribution >= 0.6 is 0 Å². The Bertz CT molecular complexity index is 5210. The summed E-state index contributed by atoms with van der Waals surface area (Å²) in [5.74, 6) is 4.74. The third-order valence-electron chi connectivity index (χ3n) is 15.9. The number of rotatable bonds is 11. The van der Waals surface area contributed by atoms with Crippen molar-refractivity contribution in [2.75, 3.05) is 0 Å². The first-order valence-electron chi connectivity index (χ1n) is 28.8. The lowest BCUT2D eigenvalue weighted by atomic mass is 10.1. The van der Waals surface area contributed by atoms with Crippen LogP contribution in [-0.4, -0.2) is 54.0 Å². The van der Waals surface area contributed by atoms with Crippen molar-refractivity contribution in [2.24, 2.45) is 0 Å². The molecule has 12 nitrogen and oxygen atoms in total. The Morgan fingerprint density at radius 3 is 0.807 bits per heavy atom. The fraction of sp³-hybridized carbons (Fsp3) is 0. The largest absolute Gasteiger partial charge is 0.308 e. The van der Waals surface area contributed by atoms with Crippen LogP contribution in [0.25, 0.3) is 162 Å². The minimum atomic E-state index is 0.360. The average molecular weight is 1130 g/mol. The summed E-state index contributed by atoms with van der Waals surface area (Å²) in [5.41, 5.74) is 13.0. The Morgan fingerprint density at radius 2 is 0.489 bits per heavy atom. The average Bonchev–Trinajstić information content (AvgIpc) is 1.67. The van der Waals surface area contributed by atoms with Crippen LogP contribution in [0.3, 0.4) is 0 Å². The second-order valence-corrected chi connectivity index (χ2v) is 21.3. The summed E-state index contributed by atoms with van der Waals surface area (Å²) in [5, 5.41) is 3.96. The molecule has 11 aromatic carbocycles. The molecule has 0 bridgehead atoms. The van der Waals surface area contributed by atoms with Gasteiger partial charge in [-0.3, -0.25) is 0 Å². The smallest absolute Gasteiger partial charge is 0.200 e. The normalized spacial score (nSPS) is 11.4. The van der Waals surface area contributed by atoms with Crippen molar-refractivity contribution in [2.45, 2.75) is 0 Å². The van der Waals surface area contributed by atoms with Crippen molar-refractivity contribution in [1.29, 1.82) is 0 Å². The molecule has 410 valence electrons. The Kier molecular flexibility index (Phi) is 12.6. The lowest BCUT2D eigenvalue weighted by molar-refractivity contribution is 1.06. The van der Waals surface area contributed by atoms with Crippen LogP contribution in [-0.2, 0) is 0 Å². The monoisotopic (exact) mass is 1130 g/mol. The molecule has 16 rings (SSSR count). The lowest BCUT2D eigenvalue weighted by Crippen LogP contribution is -2.06. The molecule has 0 radical (unpaired) electrons. The maximum Gasteiger partial charge on any atom is 0.200 e. The Labute approximate surface area is 505 Å². The Morgan fingerprint density at radius 1 is 0.227 bits per heavy atom. The molecular formula is C76H46N12. The minimum Gasteiger partial charge on any atom is -0.308 e. The van der Waals surface area contributed by atoms with Gasteiger partial charge in [-0.2, -0.15) is 0 Å². The fourth-order valence-electron chi connectivity index (χ4n) is 11.7. The third kappa shape index (κ3) is 9.16. The molecule has 5 heterocycles. The van der Waals surface area contributed by atoms with Crippen molar-refractivity contribution >= 4 is 49.3 Å². The molecule has 88 heavy (non-hydrogen) atoms. The molecular weight excluding hydrogens is 1080 g/mol. The van der Waals surface area contributed by atoms with Gasteiger partial charge >= 0.3 is 0 Å². The van der Waals surface area contributed by atoms with E-state index < -0.39 is 0 Å². The number of hydrogen-bond acceptors (Lipinski definition) is 9. The van der Waals surface area contributed by atoms with Gasteiger partial charge in [0.1, 0.15) is 0 Å². The van der Waals surface area contributed by atoms with Crippen LogP contribution < -0.4 is 0 Å². The van der Waals surface area contributed by atoms with Crippen molar-refractivity contribution in [3.05, 3.63) is 290 Å². The van der Waals surface area contributed by atoms with E-state index in [9.17, 15) is 0 Å². The molecule has 0 fully saturated rings. The summed E-state index contributed by atoms with van der Waals surface area (Å²) >= 11 is 0. The summed E-state index contributed by atoms with van der Waals surface area (Å²) in [6.07, 6.45) is 0. The SMILES string of the molecule is [C-]#[N+]c1cc(-n2c3ccccc3c3cc(-c4nc(-c5ccccc5)nc(-c5ccccc5)n4)ccc32)c(-n2c3ccccc3c3cc(-c4nc(-c5ccccc5)nc(-c5ccccc5)n4)ccc32)cc1-c1nc(-c2ccccc2)nc(-c2ccccc2)n1. The molecule has 16 aromatic rings. The second kappa shape index (κ2) is 21.6. The molecule has 0 N–H and O–H groups in total. The van der Waals surface area contributed by atoms with E-state index >= 15 is 0 Å². The van der Waals surface area contributed by atoms with Crippen LogP contribution in [0.5, 0.6) is 0 Å². The predicted octanol–water partition coefficient (Wildman–Crippen LogP) is 18.0. The number of para-hydroxylation sites is 2. The standard InChI is InChI=1S/C76H46N12/c1-77-61-47-67(88-63-39-23-21-37-57(63)59-45-55(41-43-65(59)88)75-83-70(50-28-12-4-13-29-50)79-71(84-75)51-30-14-5-15-31-51)66(46-60(61)76-85-72(52-32-16-6-17-33-52)80-73(86-76)53-34-18-7-19-35-53)87-62-38-22-20-36-56(62)58-44-54(40-42-64(58)87)74-81-68(48-24-8-2-9-25-48)78-69(82-74)49-26-10-3-11-27-49/h2-47H. The van der Waals surface area contributed by atoms with Crippen LogP contribution in [0, 0.1) is 6.57 Å². The van der Waals surface area contributed by atoms with E-state index in [4.69, 9.17) is 51.4 Å². The van der Waals surface area contributed by atoms with Crippen LogP contribution in [0.15, 0.2) is 279 Å². The van der Waals surface area contributed by atoms with Crippen molar-refractivity contribution < 1.29 is 0 Å². The molecule has 0 spiro atoms. The van der Waals surface area contributed by atoms with E-state index in [0.29, 0.717) is 63.7 Å². The number of fused-ring (bicyclic) bond motifs is 6. The van der Waals surface area contributed by atoms with Crippen LogP contribution in [0.4, 0.5) is 5.69 Å². The van der Waals surface area contributed by atoms with Crippen LogP contribution in [0.1, 0.15) is 0 Å². The van der Waals surface area contributed by atoms with Gasteiger partial charge < -0.3 is 9.13 Å². The molecule has 0 aliphatic carbocycles. The zero-order valence-electron chi connectivity index (χ0n) is 46.9. The topological polar surface area (TPSA) is 130 Å². The highest BCUT2D eigenvalue weighted by Crippen LogP contribution is 2.44. The van der Waals surface area contributed by atoms with Gasteiger partial charge in [-0.05, 0) is 60.7 Å². The Hall–Kier alpha value is -12.5. The van der Waals surface area contributed by atoms with Crippen molar-refractivity contribution in [3.63, 3.8) is 0 Å². The minimum absolute atomic E-state index is 0.360. The van der Waals surface area contributed by atoms with Crippen molar-refractivity contribution in [3.8, 4) is 114 Å². The zero-order valence-corrected chi connectivity index (χ0v) is 46.9. The van der Waals surface area contributed by atoms with Gasteiger partial charge in [0.2, 0.25) is 0 Å². The summed E-state index contributed by atoms with van der Waals surface area (Å²) in [7, 11) is 0. The summed E-state index contributed by atoms with van der Waals surface area (Å²) < 4.78 is 4.57. The van der Waals surface area contributed by atoms with E-state index in [0.717, 1.165) is 99.5 Å². The van der Waals surface area contributed by atoms with Gasteiger partial charge in [0.25, 0.3) is 0 Å². The van der Waals surface area contributed by atoms with Gasteiger partial charge in [0, 0.05) is 71.6 Å². The number of hydrogen-bond donors (Lipinski definition) is 0. The van der Waals surface area contributed by atoms with E-state index in [2.05, 4.69) is 105 Å². The highest BCUT2D eigenvalue weighted by atomic mass is 15.1. The molecule has 0 atom stereocenters. The molecule has 12 heteroatoms. The molecule has 0 amide bonds. The maximum atomic E-state index is 9.05.